The molecule has 0 radical (unpaired) electrons. The molecule has 2 aliphatic rings. The SMILES string of the molecule is COCCN1C[C@]2(CCCN(C(=O)c3cccc4c3ccn4C)C2)CCC1=O. The molecule has 150 valence electrons. The summed E-state index contributed by atoms with van der Waals surface area (Å²) in [5.74, 6) is 0.316. The first-order valence-electron chi connectivity index (χ1n) is 10.1. The number of aromatic nitrogens is 1. The molecule has 4 rings (SSSR count). The van der Waals surface area contributed by atoms with Crippen molar-refractivity contribution in [2.75, 3.05) is 39.9 Å². The van der Waals surface area contributed by atoms with Crippen LogP contribution in [-0.4, -0.2) is 66.1 Å². The van der Waals surface area contributed by atoms with Crippen molar-refractivity contribution in [2.24, 2.45) is 12.5 Å². The van der Waals surface area contributed by atoms with Gasteiger partial charge in [0, 0.05) is 74.8 Å². The van der Waals surface area contributed by atoms with Gasteiger partial charge in [0.25, 0.3) is 5.91 Å². The van der Waals surface area contributed by atoms with Gasteiger partial charge in [-0.1, -0.05) is 6.07 Å². The highest BCUT2D eigenvalue weighted by Crippen LogP contribution is 2.39. The Hall–Kier alpha value is -2.34. The molecular weight excluding hydrogens is 354 g/mol. The Morgan fingerprint density at radius 2 is 2.07 bits per heavy atom. The number of methoxy groups -OCH3 is 1. The lowest BCUT2D eigenvalue weighted by molar-refractivity contribution is -0.139. The molecule has 3 heterocycles. The van der Waals surface area contributed by atoms with Crippen LogP contribution < -0.4 is 0 Å². The molecule has 0 aliphatic carbocycles. The minimum atomic E-state index is 0.0140. The molecule has 0 bridgehead atoms. The normalized spacial score (nSPS) is 23.0. The van der Waals surface area contributed by atoms with Crippen molar-refractivity contribution in [3.05, 3.63) is 36.0 Å². The molecule has 6 nitrogen and oxygen atoms in total. The van der Waals surface area contributed by atoms with Crippen LogP contribution in [0.5, 0.6) is 0 Å². The fraction of sp³-hybridized carbons (Fsp3) is 0.545. The van der Waals surface area contributed by atoms with Crippen molar-refractivity contribution < 1.29 is 14.3 Å². The maximum Gasteiger partial charge on any atom is 0.254 e. The first-order valence-corrected chi connectivity index (χ1v) is 10.1. The number of likely N-dealkylation sites (tertiary alicyclic amines) is 2. The number of piperidine rings is 2. The summed E-state index contributed by atoms with van der Waals surface area (Å²) in [5, 5.41) is 1.01. The van der Waals surface area contributed by atoms with Crippen LogP contribution in [0.1, 0.15) is 36.0 Å². The molecule has 6 heteroatoms. The maximum absolute atomic E-state index is 13.4. The van der Waals surface area contributed by atoms with E-state index in [1.165, 1.54) is 0 Å². The predicted molar refractivity (Wildman–Crippen MR) is 108 cm³/mol. The van der Waals surface area contributed by atoms with Crippen molar-refractivity contribution in [2.45, 2.75) is 25.7 Å². The molecule has 28 heavy (non-hydrogen) atoms. The monoisotopic (exact) mass is 383 g/mol. The molecule has 2 aliphatic heterocycles. The van der Waals surface area contributed by atoms with Crippen LogP contribution >= 0.6 is 0 Å². The van der Waals surface area contributed by atoms with Crippen LogP contribution in [0.25, 0.3) is 10.9 Å². The number of hydrogen-bond acceptors (Lipinski definition) is 3. The van der Waals surface area contributed by atoms with Crippen LogP contribution in [0.15, 0.2) is 30.5 Å². The number of rotatable bonds is 4. The van der Waals surface area contributed by atoms with Crippen molar-refractivity contribution >= 4 is 22.7 Å². The minimum Gasteiger partial charge on any atom is -0.383 e. The summed E-state index contributed by atoms with van der Waals surface area (Å²) in [5.41, 5.74) is 1.87. The van der Waals surface area contributed by atoms with E-state index in [9.17, 15) is 9.59 Å². The number of carbonyl (C=O) groups is 2. The molecule has 1 atom stereocenters. The fourth-order valence-electron chi connectivity index (χ4n) is 4.88. The first-order chi connectivity index (χ1) is 13.5. The second kappa shape index (κ2) is 7.59. The molecule has 0 saturated carbocycles. The molecule has 0 N–H and O–H groups in total. The van der Waals surface area contributed by atoms with E-state index in [1.807, 2.05) is 51.9 Å². The number of benzene rings is 1. The Kier molecular flexibility index (Phi) is 5.15. The van der Waals surface area contributed by atoms with Gasteiger partial charge in [-0.3, -0.25) is 9.59 Å². The summed E-state index contributed by atoms with van der Waals surface area (Å²) in [4.78, 5) is 29.6. The number of fused-ring (bicyclic) bond motifs is 1. The van der Waals surface area contributed by atoms with E-state index < -0.39 is 0 Å². The summed E-state index contributed by atoms with van der Waals surface area (Å²) in [7, 11) is 3.66. The van der Waals surface area contributed by atoms with Gasteiger partial charge in [0.05, 0.1) is 6.61 Å². The van der Waals surface area contributed by atoms with E-state index in [0.717, 1.165) is 55.4 Å². The lowest BCUT2D eigenvalue weighted by Gasteiger charge is -2.48. The highest BCUT2D eigenvalue weighted by atomic mass is 16.5. The van der Waals surface area contributed by atoms with Gasteiger partial charge in [-0.05, 0) is 37.5 Å². The number of ether oxygens (including phenoxy) is 1. The van der Waals surface area contributed by atoms with E-state index in [4.69, 9.17) is 4.74 Å². The number of hydrogen-bond donors (Lipinski definition) is 0. The highest BCUT2D eigenvalue weighted by Gasteiger charge is 2.42. The maximum atomic E-state index is 13.4. The van der Waals surface area contributed by atoms with E-state index >= 15 is 0 Å². The molecular formula is C22H29N3O3. The first kappa shape index (κ1) is 19.0. The smallest absolute Gasteiger partial charge is 0.254 e. The molecule has 1 spiro atoms. The molecule has 2 amide bonds. The minimum absolute atomic E-state index is 0.0140. The Morgan fingerprint density at radius 3 is 2.89 bits per heavy atom. The van der Waals surface area contributed by atoms with Gasteiger partial charge in [-0.25, -0.2) is 0 Å². The number of carbonyl (C=O) groups excluding carboxylic acids is 2. The third-order valence-corrected chi connectivity index (χ3v) is 6.42. The van der Waals surface area contributed by atoms with Crippen molar-refractivity contribution in [3.8, 4) is 0 Å². The van der Waals surface area contributed by atoms with Gasteiger partial charge in [0.1, 0.15) is 0 Å². The predicted octanol–water partition coefficient (Wildman–Crippen LogP) is 2.67. The second-order valence-corrected chi connectivity index (χ2v) is 8.30. The summed E-state index contributed by atoms with van der Waals surface area (Å²) >= 11 is 0. The van der Waals surface area contributed by atoms with E-state index in [-0.39, 0.29) is 17.2 Å². The van der Waals surface area contributed by atoms with Crippen LogP contribution in [0.2, 0.25) is 0 Å². The van der Waals surface area contributed by atoms with Crippen molar-refractivity contribution in [1.82, 2.24) is 14.4 Å². The summed E-state index contributed by atoms with van der Waals surface area (Å²) in [6.45, 7) is 3.44. The molecule has 2 saturated heterocycles. The van der Waals surface area contributed by atoms with Crippen LogP contribution in [0.4, 0.5) is 0 Å². The lowest BCUT2D eigenvalue weighted by atomic mass is 9.73. The summed E-state index contributed by atoms with van der Waals surface area (Å²) in [6.07, 6.45) is 5.50. The summed E-state index contributed by atoms with van der Waals surface area (Å²) < 4.78 is 7.21. The van der Waals surface area contributed by atoms with Gasteiger partial charge < -0.3 is 19.1 Å². The Balaban J connectivity index is 1.54. The molecule has 2 fully saturated rings. The zero-order valence-electron chi connectivity index (χ0n) is 16.8. The van der Waals surface area contributed by atoms with E-state index in [2.05, 4.69) is 0 Å². The largest absolute Gasteiger partial charge is 0.383 e. The van der Waals surface area contributed by atoms with Crippen LogP contribution in [0, 0.1) is 5.41 Å². The third-order valence-electron chi connectivity index (χ3n) is 6.42. The second-order valence-electron chi connectivity index (χ2n) is 8.30. The lowest BCUT2D eigenvalue weighted by Crippen LogP contribution is -2.55. The van der Waals surface area contributed by atoms with Crippen molar-refractivity contribution in [3.63, 3.8) is 0 Å². The topological polar surface area (TPSA) is 54.8 Å². The molecule has 0 unspecified atom stereocenters. The quantitative estimate of drug-likeness (QED) is 0.816. The van der Waals surface area contributed by atoms with E-state index in [1.54, 1.807) is 7.11 Å². The summed E-state index contributed by atoms with van der Waals surface area (Å²) in [6, 6.07) is 7.96. The van der Waals surface area contributed by atoms with Gasteiger partial charge in [-0.15, -0.1) is 0 Å². The zero-order chi connectivity index (χ0) is 19.7. The zero-order valence-corrected chi connectivity index (χ0v) is 16.8. The standard InChI is InChI=1S/C22H29N3O3/c1-23-12-8-17-18(5-3-6-19(17)23)21(27)25-11-4-9-22(16-25)10-7-20(26)24(15-22)13-14-28-2/h3,5-6,8,12H,4,7,9-11,13-16H2,1-2H3/t22-/m0/s1. The van der Waals surface area contributed by atoms with Gasteiger partial charge in [0.2, 0.25) is 5.91 Å². The number of amides is 2. The molecule has 1 aromatic carbocycles. The number of aryl methyl sites for hydroxylation is 1. The molecule has 1 aromatic heterocycles. The average molecular weight is 383 g/mol. The van der Waals surface area contributed by atoms with Gasteiger partial charge in [-0.2, -0.15) is 0 Å². The average Bonchev–Trinajstić information content (AvgIpc) is 3.10. The highest BCUT2D eigenvalue weighted by molar-refractivity contribution is 6.06. The molecule has 2 aromatic rings. The van der Waals surface area contributed by atoms with Gasteiger partial charge in [0.15, 0.2) is 0 Å². The Morgan fingerprint density at radius 1 is 1.21 bits per heavy atom. The van der Waals surface area contributed by atoms with Gasteiger partial charge >= 0.3 is 0 Å². The number of nitrogens with zero attached hydrogens (tertiary/aromatic N) is 3. The Bertz CT molecular complexity index is 890. The van der Waals surface area contributed by atoms with Crippen LogP contribution in [0.3, 0.4) is 0 Å². The van der Waals surface area contributed by atoms with Crippen LogP contribution in [-0.2, 0) is 16.6 Å². The van der Waals surface area contributed by atoms with E-state index in [0.29, 0.717) is 19.6 Å². The third kappa shape index (κ3) is 3.41. The Labute approximate surface area is 166 Å². The van der Waals surface area contributed by atoms with Crippen molar-refractivity contribution in [1.29, 1.82) is 0 Å². The fourth-order valence-corrected chi connectivity index (χ4v) is 4.88.